The van der Waals surface area contributed by atoms with E-state index in [4.69, 9.17) is 5.10 Å². The van der Waals surface area contributed by atoms with Crippen LogP contribution in [0.4, 0.5) is 0 Å². The van der Waals surface area contributed by atoms with Crippen molar-refractivity contribution in [1.29, 1.82) is 0 Å². The van der Waals surface area contributed by atoms with Crippen molar-refractivity contribution < 1.29 is 9.69 Å². The third kappa shape index (κ3) is 4.78. The highest BCUT2D eigenvalue weighted by atomic mass is 16.2. The van der Waals surface area contributed by atoms with Crippen LogP contribution in [-0.4, -0.2) is 47.3 Å². The standard InChI is InChI=1S/C26H30N4O/c1-20-25(21(2)30(27-20)24-12-8-5-9-13-24)18-28(3)19-26(31)29-16-14-23(15-17-29)22-10-6-4-7-11-22/h4-14H,15-19H2,1-3H3/p+1. The van der Waals surface area contributed by atoms with Gasteiger partial charge in [-0.1, -0.05) is 54.6 Å². The van der Waals surface area contributed by atoms with Crippen LogP contribution in [-0.2, 0) is 11.3 Å². The third-order valence-electron chi connectivity index (χ3n) is 6.08. The van der Waals surface area contributed by atoms with E-state index in [1.807, 2.05) is 33.8 Å². The van der Waals surface area contributed by atoms with E-state index >= 15 is 0 Å². The Morgan fingerprint density at radius 3 is 2.35 bits per heavy atom. The maximum absolute atomic E-state index is 12.9. The van der Waals surface area contributed by atoms with Crippen molar-refractivity contribution in [3.63, 3.8) is 0 Å². The molecule has 1 aliphatic rings. The molecule has 4 rings (SSSR count). The minimum atomic E-state index is 0.214. The van der Waals surface area contributed by atoms with Crippen molar-refractivity contribution in [1.82, 2.24) is 14.7 Å². The van der Waals surface area contributed by atoms with Crippen LogP contribution in [0.5, 0.6) is 0 Å². The first-order chi connectivity index (χ1) is 15.0. The molecule has 0 radical (unpaired) electrons. The number of aryl methyl sites for hydroxylation is 1. The fraction of sp³-hybridized carbons (Fsp3) is 0.308. The zero-order valence-corrected chi connectivity index (χ0v) is 18.6. The molecule has 1 N–H and O–H groups in total. The van der Waals surface area contributed by atoms with E-state index in [2.05, 4.69) is 63.4 Å². The van der Waals surface area contributed by atoms with E-state index < -0.39 is 0 Å². The molecule has 0 spiro atoms. The summed E-state index contributed by atoms with van der Waals surface area (Å²) in [7, 11) is 2.09. The largest absolute Gasteiger partial charge is 0.334 e. The number of rotatable bonds is 6. The van der Waals surface area contributed by atoms with Crippen LogP contribution >= 0.6 is 0 Å². The van der Waals surface area contributed by atoms with Crippen molar-refractivity contribution in [2.45, 2.75) is 26.8 Å². The summed E-state index contributed by atoms with van der Waals surface area (Å²) in [5.41, 5.74) is 7.06. The van der Waals surface area contributed by atoms with Crippen LogP contribution in [0.2, 0.25) is 0 Å². The molecule has 2 aromatic carbocycles. The molecule has 0 saturated carbocycles. The molecular formula is C26H31N4O+. The maximum Gasteiger partial charge on any atom is 0.278 e. The topological polar surface area (TPSA) is 42.6 Å². The number of nitrogens with one attached hydrogen (secondary N) is 1. The summed E-state index contributed by atoms with van der Waals surface area (Å²) >= 11 is 0. The molecule has 1 amide bonds. The Hall–Kier alpha value is -3.18. The lowest BCUT2D eigenvalue weighted by Gasteiger charge is -2.27. The van der Waals surface area contributed by atoms with E-state index in [-0.39, 0.29) is 5.91 Å². The lowest BCUT2D eigenvalue weighted by Crippen LogP contribution is -3.09. The number of para-hydroxylation sites is 1. The van der Waals surface area contributed by atoms with Crippen molar-refractivity contribution in [2.24, 2.45) is 0 Å². The molecule has 5 nitrogen and oxygen atoms in total. The highest BCUT2D eigenvalue weighted by Gasteiger charge is 2.23. The molecule has 1 aromatic heterocycles. The van der Waals surface area contributed by atoms with Gasteiger partial charge >= 0.3 is 0 Å². The monoisotopic (exact) mass is 415 g/mol. The molecule has 0 saturated heterocycles. The Morgan fingerprint density at radius 1 is 1.03 bits per heavy atom. The summed E-state index contributed by atoms with van der Waals surface area (Å²) in [6.45, 7) is 6.92. The second kappa shape index (κ2) is 9.31. The Morgan fingerprint density at radius 2 is 1.71 bits per heavy atom. The zero-order chi connectivity index (χ0) is 21.8. The smallest absolute Gasteiger partial charge is 0.278 e. The van der Waals surface area contributed by atoms with Crippen LogP contribution in [0.15, 0.2) is 66.7 Å². The number of quaternary nitrogens is 1. The fourth-order valence-corrected chi connectivity index (χ4v) is 4.30. The van der Waals surface area contributed by atoms with E-state index in [9.17, 15) is 4.79 Å². The number of likely N-dealkylation sites (N-methyl/N-ethyl adjacent to an activating group) is 1. The summed E-state index contributed by atoms with van der Waals surface area (Å²) in [5, 5.41) is 4.74. The van der Waals surface area contributed by atoms with Gasteiger partial charge in [0, 0.05) is 13.1 Å². The highest BCUT2D eigenvalue weighted by molar-refractivity contribution is 5.79. The average molecular weight is 416 g/mol. The molecule has 0 aliphatic carbocycles. The Kier molecular flexibility index (Phi) is 6.33. The maximum atomic E-state index is 12.9. The molecule has 31 heavy (non-hydrogen) atoms. The van der Waals surface area contributed by atoms with E-state index in [1.54, 1.807) is 0 Å². The number of amides is 1. The lowest BCUT2D eigenvalue weighted by molar-refractivity contribution is -0.885. The quantitative estimate of drug-likeness (QED) is 0.673. The Balaban J connectivity index is 1.37. The van der Waals surface area contributed by atoms with Crippen LogP contribution in [0.3, 0.4) is 0 Å². The van der Waals surface area contributed by atoms with Gasteiger partial charge in [0.05, 0.1) is 29.7 Å². The summed E-state index contributed by atoms with van der Waals surface area (Å²) in [5.74, 6) is 0.214. The summed E-state index contributed by atoms with van der Waals surface area (Å²) in [4.78, 5) is 16.1. The first-order valence-corrected chi connectivity index (χ1v) is 11.0. The first-order valence-electron chi connectivity index (χ1n) is 11.0. The molecule has 3 aromatic rings. The number of aromatic nitrogens is 2. The lowest BCUT2D eigenvalue weighted by atomic mass is 9.99. The van der Waals surface area contributed by atoms with Gasteiger partial charge in [-0.2, -0.15) is 5.10 Å². The number of hydrogen-bond acceptors (Lipinski definition) is 2. The van der Waals surface area contributed by atoms with Crippen molar-refractivity contribution >= 4 is 11.5 Å². The SMILES string of the molecule is Cc1nn(-c2ccccc2)c(C)c1C[NH+](C)CC(=O)N1CC=C(c2ccccc2)CC1. The molecule has 1 atom stereocenters. The molecule has 1 unspecified atom stereocenters. The van der Waals surface area contributed by atoms with Gasteiger partial charge in [-0.25, -0.2) is 4.68 Å². The van der Waals surface area contributed by atoms with Gasteiger partial charge < -0.3 is 9.80 Å². The summed E-state index contributed by atoms with van der Waals surface area (Å²) in [6, 6.07) is 20.6. The normalized spacial score (nSPS) is 14.9. The minimum absolute atomic E-state index is 0.214. The van der Waals surface area contributed by atoms with E-state index in [1.165, 1.54) is 21.6 Å². The van der Waals surface area contributed by atoms with E-state index in [0.29, 0.717) is 13.1 Å². The summed E-state index contributed by atoms with van der Waals surface area (Å²) in [6.07, 6.45) is 3.11. The molecule has 0 bridgehead atoms. The molecule has 1 aliphatic heterocycles. The van der Waals surface area contributed by atoms with Crippen LogP contribution in [0.1, 0.15) is 28.9 Å². The van der Waals surface area contributed by atoms with Crippen molar-refractivity contribution in [2.75, 3.05) is 26.7 Å². The zero-order valence-electron chi connectivity index (χ0n) is 18.6. The van der Waals surface area contributed by atoms with Gasteiger partial charge in [0.2, 0.25) is 0 Å². The average Bonchev–Trinajstić information content (AvgIpc) is 3.08. The number of carbonyl (C=O) groups excluding carboxylic acids is 1. The predicted molar refractivity (Wildman–Crippen MR) is 124 cm³/mol. The molecule has 5 heteroatoms. The van der Waals surface area contributed by atoms with Crippen LogP contribution in [0.25, 0.3) is 11.3 Å². The van der Waals surface area contributed by atoms with Gasteiger partial charge in [-0.05, 0) is 43.5 Å². The molecule has 160 valence electrons. The number of carbonyl (C=O) groups is 1. The minimum Gasteiger partial charge on any atom is -0.334 e. The Bertz CT molecular complexity index is 1070. The van der Waals surface area contributed by atoms with Crippen LogP contribution in [0, 0.1) is 13.8 Å². The van der Waals surface area contributed by atoms with E-state index in [0.717, 1.165) is 36.6 Å². The number of nitrogens with zero attached hydrogens (tertiary/aromatic N) is 3. The van der Waals surface area contributed by atoms with Gasteiger partial charge in [0.25, 0.3) is 5.91 Å². The number of benzene rings is 2. The second-order valence-electron chi connectivity index (χ2n) is 8.39. The Labute approximate surface area is 184 Å². The predicted octanol–water partition coefficient (Wildman–Crippen LogP) is 2.82. The summed E-state index contributed by atoms with van der Waals surface area (Å²) < 4.78 is 2.00. The van der Waals surface area contributed by atoms with Gasteiger partial charge in [-0.3, -0.25) is 4.79 Å². The highest BCUT2D eigenvalue weighted by Crippen LogP contribution is 2.22. The molecule has 0 fully saturated rings. The van der Waals surface area contributed by atoms with Gasteiger partial charge in [0.1, 0.15) is 6.54 Å². The molecular weight excluding hydrogens is 384 g/mol. The first kappa shape index (κ1) is 21.1. The number of hydrogen-bond donors (Lipinski definition) is 1. The molecule has 2 heterocycles. The van der Waals surface area contributed by atoms with Crippen LogP contribution < -0.4 is 4.90 Å². The second-order valence-corrected chi connectivity index (χ2v) is 8.39. The third-order valence-corrected chi connectivity index (χ3v) is 6.08. The van der Waals surface area contributed by atoms with Gasteiger partial charge in [-0.15, -0.1) is 0 Å². The van der Waals surface area contributed by atoms with Crippen molar-refractivity contribution in [3.8, 4) is 5.69 Å². The fourth-order valence-electron chi connectivity index (χ4n) is 4.30. The van der Waals surface area contributed by atoms with Crippen molar-refractivity contribution in [3.05, 3.63) is 89.3 Å². The van der Waals surface area contributed by atoms with Gasteiger partial charge in [0.15, 0.2) is 6.54 Å².